The number of ether oxygens (including phenoxy) is 2. The highest BCUT2D eigenvalue weighted by Gasteiger charge is 2.55. The lowest BCUT2D eigenvalue weighted by Crippen LogP contribution is -2.65. The number of nitrogens with zero attached hydrogens (tertiary/aromatic N) is 1. The molecule has 0 bridgehead atoms. The van der Waals surface area contributed by atoms with E-state index in [-0.39, 0.29) is 11.0 Å². The zero-order valence-electron chi connectivity index (χ0n) is 13.5. The van der Waals surface area contributed by atoms with Crippen molar-refractivity contribution in [2.45, 2.75) is 44.9 Å². The van der Waals surface area contributed by atoms with E-state index >= 15 is 0 Å². The molecule has 1 aliphatic heterocycles. The van der Waals surface area contributed by atoms with E-state index in [0.717, 1.165) is 44.6 Å². The summed E-state index contributed by atoms with van der Waals surface area (Å²) in [4.78, 5) is 0. The number of hydrogen-bond acceptors (Lipinski definition) is 4. The Morgan fingerprint density at radius 1 is 1.43 bits per heavy atom. The van der Waals surface area contributed by atoms with Crippen LogP contribution in [0.1, 0.15) is 37.3 Å². The molecule has 0 amide bonds. The van der Waals surface area contributed by atoms with Gasteiger partial charge < -0.3 is 14.8 Å². The van der Waals surface area contributed by atoms with Gasteiger partial charge in [-0.15, -0.1) is 0 Å². The van der Waals surface area contributed by atoms with E-state index in [1.54, 1.807) is 12.1 Å². The lowest BCUT2D eigenvalue weighted by molar-refractivity contribution is -0.173. The van der Waals surface area contributed by atoms with Crippen molar-refractivity contribution in [3.05, 3.63) is 35.1 Å². The largest absolute Gasteiger partial charge is 0.381 e. The second-order valence-corrected chi connectivity index (χ2v) is 6.38. The molecule has 1 aliphatic carbocycles. The zero-order chi connectivity index (χ0) is 16.3. The summed E-state index contributed by atoms with van der Waals surface area (Å²) in [7, 11) is 0. The Hall–Kier alpha value is -1.48. The predicted octanol–water partition coefficient (Wildman–Crippen LogP) is 2.76. The van der Waals surface area contributed by atoms with E-state index in [0.29, 0.717) is 18.7 Å². The minimum atomic E-state index is -0.461. The van der Waals surface area contributed by atoms with Crippen molar-refractivity contribution in [1.82, 2.24) is 5.32 Å². The molecular formula is C18H23FN2O2. The van der Waals surface area contributed by atoms with Crippen LogP contribution in [0.3, 0.4) is 0 Å². The van der Waals surface area contributed by atoms with Crippen LogP contribution in [0.2, 0.25) is 0 Å². The van der Waals surface area contributed by atoms with Crippen LogP contribution in [-0.2, 0) is 16.0 Å². The van der Waals surface area contributed by atoms with Crippen molar-refractivity contribution < 1.29 is 13.9 Å². The first kappa shape index (κ1) is 16.4. The molecule has 2 fully saturated rings. The highest BCUT2D eigenvalue weighted by atomic mass is 19.1. The van der Waals surface area contributed by atoms with Crippen LogP contribution < -0.4 is 5.32 Å². The van der Waals surface area contributed by atoms with Crippen LogP contribution in [0, 0.1) is 22.6 Å². The van der Waals surface area contributed by atoms with Crippen molar-refractivity contribution in [3.63, 3.8) is 0 Å². The second-order valence-electron chi connectivity index (χ2n) is 6.38. The van der Waals surface area contributed by atoms with E-state index in [1.165, 1.54) is 6.07 Å². The fourth-order valence-electron chi connectivity index (χ4n) is 3.90. The van der Waals surface area contributed by atoms with Gasteiger partial charge in [0.05, 0.1) is 11.7 Å². The van der Waals surface area contributed by atoms with Crippen molar-refractivity contribution >= 4 is 0 Å². The maximum absolute atomic E-state index is 13.4. The van der Waals surface area contributed by atoms with E-state index in [2.05, 4.69) is 5.32 Å². The molecule has 124 valence electrons. The Labute approximate surface area is 136 Å². The third-order valence-corrected chi connectivity index (χ3v) is 5.28. The molecule has 1 aromatic rings. The molecule has 0 unspecified atom stereocenters. The Morgan fingerprint density at radius 2 is 2.22 bits per heavy atom. The summed E-state index contributed by atoms with van der Waals surface area (Å²) in [6.07, 6.45) is 3.33. The number of rotatable bonds is 5. The molecule has 23 heavy (non-hydrogen) atoms. The maximum Gasteiger partial charge on any atom is 0.140 e. The monoisotopic (exact) mass is 318 g/mol. The number of benzene rings is 1. The predicted molar refractivity (Wildman–Crippen MR) is 84.3 cm³/mol. The number of halogens is 1. The number of nitrogens with one attached hydrogen (secondary N) is 1. The minimum absolute atomic E-state index is 0.103. The van der Waals surface area contributed by atoms with Gasteiger partial charge in [-0.1, -0.05) is 6.07 Å². The van der Waals surface area contributed by atoms with E-state index in [9.17, 15) is 4.39 Å². The van der Waals surface area contributed by atoms with E-state index < -0.39 is 5.82 Å². The van der Waals surface area contributed by atoms with Crippen molar-refractivity contribution in [3.8, 4) is 6.07 Å². The number of hydrogen-bond donors (Lipinski definition) is 1. The lowest BCUT2D eigenvalue weighted by Gasteiger charge is -2.57. The molecule has 1 N–H and O–H groups in total. The Bertz CT molecular complexity index is 593. The third kappa shape index (κ3) is 3.12. The Balaban J connectivity index is 1.65. The first-order chi connectivity index (χ1) is 11.2. The standard InChI is InChI=1S/C18H23FN2O2/c1-2-23-17-10-16(18(17)5-7-22-8-6-18)21-12-13-3-4-15(19)14(9-13)11-20/h3-4,9,16-17,21H,2,5-8,10,12H2,1H3/t16-,17-/m0/s1. The van der Waals surface area contributed by atoms with Gasteiger partial charge in [-0.3, -0.25) is 0 Å². The van der Waals surface area contributed by atoms with E-state index in [4.69, 9.17) is 14.7 Å². The van der Waals surface area contributed by atoms with Gasteiger partial charge in [-0.2, -0.15) is 5.26 Å². The fraction of sp³-hybridized carbons (Fsp3) is 0.611. The Kier molecular flexibility index (Phi) is 4.96. The first-order valence-corrected chi connectivity index (χ1v) is 8.31. The first-order valence-electron chi connectivity index (χ1n) is 8.31. The molecule has 1 aromatic carbocycles. The van der Waals surface area contributed by atoms with Gasteiger partial charge in [0.25, 0.3) is 0 Å². The molecule has 4 nitrogen and oxygen atoms in total. The summed E-state index contributed by atoms with van der Waals surface area (Å²) >= 11 is 0. The highest BCUT2D eigenvalue weighted by molar-refractivity contribution is 5.34. The minimum Gasteiger partial charge on any atom is -0.381 e. The summed E-state index contributed by atoms with van der Waals surface area (Å²) in [5.41, 5.74) is 1.20. The van der Waals surface area contributed by atoms with Crippen LogP contribution in [-0.4, -0.2) is 32.0 Å². The molecule has 5 heteroatoms. The van der Waals surface area contributed by atoms with Crippen LogP contribution >= 0.6 is 0 Å². The molecular weight excluding hydrogens is 295 g/mol. The van der Waals surface area contributed by atoms with Gasteiger partial charge >= 0.3 is 0 Å². The average molecular weight is 318 g/mol. The van der Waals surface area contributed by atoms with Gasteiger partial charge in [-0.05, 0) is 43.9 Å². The van der Waals surface area contributed by atoms with Gasteiger partial charge in [0.15, 0.2) is 0 Å². The van der Waals surface area contributed by atoms with E-state index in [1.807, 2.05) is 13.0 Å². The van der Waals surface area contributed by atoms with Crippen molar-refractivity contribution in [2.24, 2.45) is 5.41 Å². The molecule has 0 radical (unpaired) electrons. The van der Waals surface area contributed by atoms with Crippen LogP contribution in [0.15, 0.2) is 18.2 Å². The molecule has 2 atom stereocenters. The van der Waals surface area contributed by atoms with Gasteiger partial charge in [-0.25, -0.2) is 4.39 Å². The molecule has 1 heterocycles. The molecule has 0 aromatic heterocycles. The molecule has 1 saturated carbocycles. The fourth-order valence-corrected chi connectivity index (χ4v) is 3.90. The third-order valence-electron chi connectivity index (χ3n) is 5.28. The lowest BCUT2D eigenvalue weighted by atomic mass is 9.57. The smallest absolute Gasteiger partial charge is 0.140 e. The summed E-state index contributed by atoms with van der Waals surface area (Å²) < 4.78 is 24.8. The van der Waals surface area contributed by atoms with Gasteiger partial charge in [0, 0.05) is 37.8 Å². The van der Waals surface area contributed by atoms with Gasteiger partial charge in [0.1, 0.15) is 11.9 Å². The molecule has 1 saturated heterocycles. The summed E-state index contributed by atoms with van der Waals surface area (Å²) in [5.74, 6) is -0.461. The quantitative estimate of drug-likeness (QED) is 0.907. The van der Waals surface area contributed by atoms with Crippen LogP contribution in [0.5, 0.6) is 0 Å². The van der Waals surface area contributed by atoms with Crippen LogP contribution in [0.4, 0.5) is 4.39 Å². The average Bonchev–Trinajstić information content (AvgIpc) is 2.59. The van der Waals surface area contributed by atoms with Crippen LogP contribution in [0.25, 0.3) is 0 Å². The second kappa shape index (κ2) is 6.96. The Morgan fingerprint density at radius 3 is 2.91 bits per heavy atom. The zero-order valence-corrected chi connectivity index (χ0v) is 13.5. The number of nitriles is 1. The summed E-state index contributed by atoms with van der Waals surface area (Å²) in [6.45, 7) is 4.99. The molecule has 3 rings (SSSR count). The SMILES string of the molecule is CCO[C@H]1C[C@H](NCc2ccc(F)c(C#N)c2)C12CCOCC2. The topological polar surface area (TPSA) is 54.3 Å². The summed E-state index contributed by atoms with van der Waals surface area (Å²) in [6, 6.07) is 7.00. The highest BCUT2D eigenvalue weighted by Crippen LogP contribution is 2.50. The molecule has 2 aliphatic rings. The van der Waals surface area contributed by atoms with Crippen molar-refractivity contribution in [2.75, 3.05) is 19.8 Å². The van der Waals surface area contributed by atoms with Crippen molar-refractivity contribution in [1.29, 1.82) is 5.26 Å². The molecule has 1 spiro atoms. The normalized spacial score (nSPS) is 25.8. The summed E-state index contributed by atoms with van der Waals surface area (Å²) in [5, 5.41) is 12.5. The maximum atomic E-state index is 13.4. The van der Waals surface area contributed by atoms with Gasteiger partial charge in [0.2, 0.25) is 0 Å².